The third kappa shape index (κ3) is 6.22. The van der Waals surface area contributed by atoms with E-state index in [0.29, 0.717) is 31.6 Å². The molecule has 0 unspecified atom stereocenters. The highest BCUT2D eigenvalue weighted by Crippen LogP contribution is 2.65. The van der Waals surface area contributed by atoms with Crippen molar-refractivity contribution < 1.29 is 53.1 Å². The summed E-state index contributed by atoms with van der Waals surface area (Å²) in [7, 11) is 1.98. The third-order valence-electron chi connectivity index (χ3n) is 9.85. The van der Waals surface area contributed by atoms with Crippen molar-refractivity contribution in [2.45, 2.75) is 122 Å². The number of carbonyl (C=O) groups is 4. The molecule has 258 valence electrons. The summed E-state index contributed by atoms with van der Waals surface area (Å²) in [6.45, 7) is 12.3. The van der Waals surface area contributed by atoms with Crippen molar-refractivity contribution in [3.8, 4) is 11.5 Å². The molecule has 2 heterocycles. The van der Waals surface area contributed by atoms with Crippen LogP contribution >= 0.6 is 0 Å². The van der Waals surface area contributed by atoms with Crippen LogP contribution in [0.25, 0.3) is 0 Å². The number of carbonyl (C=O) groups excluding carboxylic acids is 4. The van der Waals surface area contributed by atoms with Crippen LogP contribution in [0.5, 0.6) is 11.5 Å². The van der Waals surface area contributed by atoms with Gasteiger partial charge in [0.15, 0.2) is 35.6 Å². The van der Waals surface area contributed by atoms with Gasteiger partial charge in [-0.25, -0.2) is 9.59 Å². The first-order chi connectivity index (χ1) is 21.9. The molecule has 7 atom stereocenters. The molecule has 1 fully saturated rings. The Morgan fingerprint density at radius 3 is 2.43 bits per heavy atom. The minimum absolute atomic E-state index is 0.0198. The number of likely N-dealkylation sites (tertiary alicyclic amines) is 1. The smallest absolute Gasteiger partial charge is 0.504 e. The molecule has 0 amide bonds. The van der Waals surface area contributed by atoms with Gasteiger partial charge in [0.1, 0.15) is 11.4 Å². The van der Waals surface area contributed by atoms with Gasteiger partial charge in [-0.2, -0.15) is 0 Å². The molecule has 4 aliphatic rings. The molecule has 1 spiro atoms. The van der Waals surface area contributed by atoms with E-state index in [0.717, 1.165) is 11.1 Å². The molecule has 12 nitrogen and oxygen atoms in total. The normalized spacial score (nSPS) is 27.8. The number of Topliss-reactive ketones (excluding diaryl/α,β-unsaturated/α-hetero) is 1. The molecule has 0 saturated carbocycles. The Morgan fingerprint density at radius 2 is 1.77 bits per heavy atom. The highest BCUT2D eigenvalue weighted by Gasteiger charge is 2.72. The fourth-order valence-electron chi connectivity index (χ4n) is 7.68. The van der Waals surface area contributed by atoms with Crippen LogP contribution in [0.15, 0.2) is 24.0 Å². The van der Waals surface area contributed by atoms with Gasteiger partial charge in [-0.05, 0) is 91.1 Å². The van der Waals surface area contributed by atoms with E-state index in [1.165, 1.54) is 13.8 Å². The van der Waals surface area contributed by atoms with E-state index in [2.05, 4.69) is 4.90 Å². The SMILES string of the molecule is CC(C)C[C@H](CC(=O)[C@H](C)OC(=O)OC(C)(C)C)C(=O)O[C@@H](C)C(=O)OC1=CC[C@@]2(O)[C@H]3Cc4ccc(O)c5c4[C@@]2(CCN3C)[C@H]1O5. The minimum atomic E-state index is -1.33. The lowest BCUT2D eigenvalue weighted by atomic mass is 9.50. The van der Waals surface area contributed by atoms with E-state index in [1.54, 1.807) is 32.9 Å². The lowest BCUT2D eigenvalue weighted by Crippen LogP contribution is -2.74. The highest BCUT2D eigenvalue weighted by molar-refractivity contribution is 5.89. The van der Waals surface area contributed by atoms with Gasteiger partial charge < -0.3 is 38.8 Å². The maximum atomic E-state index is 13.4. The third-order valence-corrected chi connectivity index (χ3v) is 9.85. The zero-order chi connectivity index (χ0) is 34.6. The lowest BCUT2D eigenvalue weighted by molar-refractivity contribution is -0.177. The molecule has 12 heteroatoms. The number of esters is 2. The number of ether oxygens (including phenoxy) is 5. The molecule has 2 aliphatic heterocycles. The Labute approximate surface area is 275 Å². The molecule has 5 rings (SSSR count). The number of phenolic OH excluding ortho intramolecular Hbond substituents is 1. The molecule has 0 aromatic heterocycles. The number of aromatic hydroxyl groups is 1. The number of piperidine rings is 1. The zero-order valence-electron chi connectivity index (χ0n) is 28.5. The number of nitrogens with zero attached hydrogens (tertiary/aromatic N) is 1. The standard InChI is InChI=1S/C35H47NO11/c1-18(2)15-22(16-24(38)19(3)44-32(41)47-33(5,6)7)31(40)43-20(4)30(39)45-25-11-12-35(42)26-17-21-9-10-23(37)28-27(21)34(35,29(25)46-28)13-14-36(26)8/h9-11,18-20,22,26,29,37,42H,12-17H2,1-8H3/t19-,20-,22+,26+,29-,34-,35+/m0/s1. The van der Waals surface area contributed by atoms with Crippen LogP contribution in [0.3, 0.4) is 0 Å². The maximum Gasteiger partial charge on any atom is 0.509 e. The van der Waals surface area contributed by atoms with E-state index in [-0.39, 0.29) is 36.3 Å². The van der Waals surface area contributed by atoms with Gasteiger partial charge in [-0.15, -0.1) is 0 Å². The Morgan fingerprint density at radius 1 is 1.06 bits per heavy atom. The monoisotopic (exact) mass is 657 g/mol. The van der Waals surface area contributed by atoms with Crippen LogP contribution in [0, 0.1) is 11.8 Å². The second kappa shape index (κ2) is 12.4. The first-order valence-electron chi connectivity index (χ1n) is 16.4. The molecule has 1 saturated heterocycles. The second-order valence-corrected chi connectivity index (χ2v) is 14.8. The highest BCUT2D eigenvalue weighted by atomic mass is 16.7. The van der Waals surface area contributed by atoms with Gasteiger partial charge in [0, 0.05) is 24.4 Å². The number of likely N-dealkylation sites (N-methyl/N-ethyl adjacent to an activating group) is 1. The minimum Gasteiger partial charge on any atom is -0.504 e. The number of rotatable bonds is 10. The Hall–Kier alpha value is -3.64. The summed E-state index contributed by atoms with van der Waals surface area (Å²) in [4.78, 5) is 53.8. The molecular weight excluding hydrogens is 610 g/mol. The molecule has 2 aliphatic carbocycles. The van der Waals surface area contributed by atoms with Gasteiger partial charge in [0.25, 0.3) is 0 Å². The molecule has 2 N–H and O–H groups in total. The summed E-state index contributed by atoms with van der Waals surface area (Å²) >= 11 is 0. The first-order valence-corrected chi connectivity index (χ1v) is 16.4. The average molecular weight is 658 g/mol. The maximum absolute atomic E-state index is 13.4. The molecule has 1 aromatic carbocycles. The van der Waals surface area contributed by atoms with E-state index in [1.807, 2.05) is 27.0 Å². The quantitative estimate of drug-likeness (QED) is 0.275. The zero-order valence-corrected chi connectivity index (χ0v) is 28.5. The largest absolute Gasteiger partial charge is 0.509 e. The number of benzene rings is 1. The Kier molecular flexibility index (Phi) is 9.17. The molecule has 0 radical (unpaired) electrons. The first kappa shape index (κ1) is 34.7. The number of hydrogen-bond acceptors (Lipinski definition) is 12. The number of hydrogen-bond donors (Lipinski definition) is 2. The number of phenols is 1. The van der Waals surface area contributed by atoms with Crippen LogP contribution in [0.1, 0.15) is 85.3 Å². The van der Waals surface area contributed by atoms with Crippen molar-refractivity contribution in [3.63, 3.8) is 0 Å². The van der Waals surface area contributed by atoms with Crippen molar-refractivity contribution >= 4 is 23.9 Å². The van der Waals surface area contributed by atoms with Crippen molar-refractivity contribution in [3.05, 3.63) is 35.1 Å². The molecule has 2 bridgehead atoms. The topological polar surface area (TPSA) is 158 Å². The van der Waals surface area contributed by atoms with Gasteiger partial charge in [0.05, 0.1) is 16.9 Å². The fourth-order valence-corrected chi connectivity index (χ4v) is 7.68. The van der Waals surface area contributed by atoms with Crippen LogP contribution in [-0.2, 0) is 45.2 Å². The van der Waals surface area contributed by atoms with Crippen molar-refractivity contribution in [2.75, 3.05) is 13.6 Å². The van der Waals surface area contributed by atoms with Gasteiger partial charge in [-0.3, -0.25) is 9.59 Å². The Bertz CT molecular complexity index is 1480. The summed E-state index contributed by atoms with van der Waals surface area (Å²) in [5, 5.41) is 23.0. The van der Waals surface area contributed by atoms with Crippen LogP contribution < -0.4 is 4.74 Å². The average Bonchev–Trinajstić information content (AvgIpc) is 3.32. The van der Waals surface area contributed by atoms with Crippen LogP contribution in [0.2, 0.25) is 0 Å². The van der Waals surface area contributed by atoms with Crippen molar-refractivity contribution in [1.82, 2.24) is 4.90 Å². The van der Waals surface area contributed by atoms with Crippen molar-refractivity contribution in [1.29, 1.82) is 0 Å². The molecule has 1 aromatic rings. The molecular formula is C35H47NO11. The van der Waals surface area contributed by atoms with E-state index in [9.17, 15) is 29.4 Å². The summed E-state index contributed by atoms with van der Waals surface area (Å²) in [6, 6.07) is 3.25. The van der Waals surface area contributed by atoms with Crippen molar-refractivity contribution in [2.24, 2.45) is 11.8 Å². The number of ketones is 1. The summed E-state index contributed by atoms with van der Waals surface area (Å²) in [6.07, 6.45) is -1.33. The second-order valence-electron chi connectivity index (χ2n) is 14.8. The summed E-state index contributed by atoms with van der Waals surface area (Å²) < 4.78 is 27.9. The van der Waals surface area contributed by atoms with E-state index in [4.69, 9.17) is 23.7 Å². The van der Waals surface area contributed by atoms with E-state index >= 15 is 0 Å². The summed E-state index contributed by atoms with van der Waals surface area (Å²) in [5.41, 5.74) is -1.20. The lowest BCUT2D eigenvalue weighted by Gasteiger charge is -2.61. The number of aliphatic hydroxyl groups is 1. The van der Waals surface area contributed by atoms with Gasteiger partial charge in [0.2, 0.25) is 0 Å². The predicted molar refractivity (Wildman–Crippen MR) is 168 cm³/mol. The summed E-state index contributed by atoms with van der Waals surface area (Å²) in [5.74, 6) is -2.51. The van der Waals surface area contributed by atoms with Crippen LogP contribution in [0.4, 0.5) is 4.79 Å². The Balaban J connectivity index is 1.28. The predicted octanol–water partition coefficient (Wildman–Crippen LogP) is 4.11. The van der Waals surface area contributed by atoms with Gasteiger partial charge >= 0.3 is 18.1 Å². The fraction of sp³-hybridized carbons (Fsp3) is 0.657. The van der Waals surface area contributed by atoms with E-state index < -0.39 is 64.7 Å². The van der Waals surface area contributed by atoms with Gasteiger partial charge in [-0.1, -0.05) is 19.9 Å². The molecule has 47 heavy (non-hydrogen) atoms. The van der Waals surface area contributed by atoms with Crippen LogP contribution in [-0.4, -0.2) is 88.1 Å².